The predicted molar refractivity (Wildman–Crippen MR) is 121 cm³/mol. The van der Waals surface area contributed by atoms with Gasteiger partial charge in [0.05, 0.1) is 5.56 Å². The Morgan fingerprint density at radius 3 is 2.24 bits per heavy atom. The first-order valence-electron chi connectivity index (χ1n) is 10.8. The SMILES string of the molecule is O=C(Cn1nnc(-c2ccc(OCc3cccc(C(F)(F)F)c3)cc2)n1)Nc1ccc(OC(F)(F)F)cc1. The van der Waals surface area contributed by atoms with Gasteiger partial charge in [0, 0.05) is 11.3 Å². The fourth-order valence-electron chi connectivity index (χ4n) is 3.20. The smallest absolute Gasteiger partial charge is 0.489 e. The van der Waals surface area contributed by atoms with Gasteiger partial charge in [0.15, 0.2) is 0 Å². The number of anilines is 1. The van der Waals surface area contributed by atoms with Gasteiger partial charge in [-0.05, 0) is 71.4 Å². The van der Waals surface area contributed by atoms with Gasteiger partial charge in [0.1, 0.15) is 24.7 Å². The number of carbonyl (C=O) groups excluding carboxylic acids is 1. The van der Waals surface area contributed by atoms with Gasteiger partial charge in [-0.3, -0.25) is 4.79 Å². The lowest BCUT2D eigenvalue weighted by Gasteiger charge is -2.10. The number of rotatable bonds is 8. The second-order valence-corrected chi connectivity index (χ2v) is 7.77. The maximum absolute atomic E-state index is 12.8. The van der Waals surface area contributed by atoms with Crippen LogP contribution in [0.3, 0.4) is 0 Å². The lowest BCUT2D eigenvalue weighted by Crippen LogP contribution is -2.20. The molecule has 0 bridgehead atoms. The molecule has 0 saturated carbocycles. The minimum absolute atomic E-state index is 0.0646. The molecule has 3 aromatic carbocycles. The van der Waals surface area contributed by atoms with E-state index >= 15 is 0 Å². The van der Waals surface area contributed by atoms with Crippen molar-refractivity contribution >= 4 is 11.6 Å². The van der Waals surface area contributed by atoms with Crippen LogP contribution in [-0.2, 0) is 24.1 Å². The van der Waals surface area contributed by atoms with Crippen LogP contribution in [0.5, 0.6) is 11.5 Å². The van der Waals surface area contributed by atoms with Gasteiger partial charge in [-0.25, -0.2) is 0 Å². The zero-order valence-corrected chi connectivity index (χ0v) is 19.1. The fourth-order valence-corrected chi connectivity index (χ4v) is 3.20. The van der Waals surface area contributed by atoms with Gasteiger partial charge in [0.25, 0.3) is 0 Å². The molecule has 38 heavy (non-hydrogen) atoms. The van der Waals surface area contributed by atoms with Gasteiger partial charge in [-0.1, -0.05) is 12.1 Å². The zero-order valence-electron chi connectivity index (χ0n) is 19.1. The van der Waals surface area contributed by atoms with Crippen molar-refractivity contribution in [2.75, 3.05) is 5.32 Å². The molecule has 0 aliphatic carbocycles. The van der Waals surface area contributed by atoms with E-state index in [1.54, 1.807) is 24.3 Å². The molecule has 1 amide bonds. The third kappa shape index (κ3) is 7.44. The molecular formula is C24H17F6N5O3. The summed E-state index contributed by atoms with van der Waals surface area (Å²) in [6.45, 7) is -0.378. The Hall–Kier alpha value is -4.62. The molecular weight excluding hydrogens is 520 g/mol. The van der Waals surface area contributed by atoms with E-state index in [0.717, 1.165) is 29.1 Å². The van der Waals surface area contributed by atoms with Crippen LogP contribution in [0.15, 0.2) is 72.8 Å². The van der Waals surface area contributed by atoms with Crippen molar-refractivity contribution in [1.29, 1.82) is 0 Å². The number of ether oxygens (including phenoxy) is 2. The highest BCUT2D eigenvalue weighted by Crippen LogP contribution is 2.30. The van der Waals surface area contributed by atoms with Crippen LogP contribution < -0.4 is 14.8 Å². The van der Waals surface area contributed by atoms with E-state index in [4.69, 9.17) is 4.74 Å². The Morgan fingerprint density at radius 1 is 0.895 bits per heavy atom. The van der Waals surface area contributed by atoms with Gasteiger partial charge in [-0.15, -0.1) is 23.4 Å². The molecule has 14 heteroatoms. The number of halogens is 6. The number of tetrazole rings is 1. The molecule has 0 radical (unpaired) electrons. The summed E-state index contributed by atoms with van der Waals surface area (Å²) < 4.78 is 84.6. The van der Waals surface area contributed by atoms with Crippen LogP contribution in [0.25, 0.3) is 11.4 Å². The summed E-state index contributed by atoms with van der Waals surface area (Å²) in [5, 5.41) is 14.3. The van der Waals surface area contributed by atoms with Crippen molar-refractivity contribution < 1.29 is 40.6 Å². The van der Waals surface area contributed by atoms with Crippen molar-refractivity contribution in [2.45, 2.75) is 25.7 Å². The number of carbonyl (C=O) groups is 1. The number of nitrogens with zero attached hydrogens (tertiary/aromatic N) is 4. The third-order valence-corrected chi connectivity index (χ3v) is 4.88. The van der Waals surface area contributed by atoms with Crippen LogP contribution in [0.4, 0.5) is 32.0 Å². The van der Waals surface area contributed by atoms with Gasteiger partial charge in [-0.2, -0.15) is 18.0 Å². The number of nitrogens with one attached hydrogen (secondary N) is 1. The number of amides is 1. The Labute approximate surface area is 210 Å². The number of hydrogen-bond acceptors (Lipinski definition) is 6. The highest BCUT2D eigenvalue weighted by atomic mass is 19.4. The summed E-state index contributed by atoms with van der Waals surface area (Å²) >= 11 is 0. The second-order valence-electron chi connectivity index (χ2n) is 7.77. The summed E-state index contributed by atoms with van der Waals surface area (Å²) in [6, 6.07) is 15.9. The summed E-state index contributed by atoms with van der Waals surface area (Å²) in [6.07, 6.45) is -9.26. The molecule has 1 aromatic heterocycles. The molecule has 198 valence electrons. The fraction of sp³-hybridized carbons (Fsp3) is 0.167. The quantitative estimate of drug-likeness (QED) is 0.300. The van der Waals surface area contributed by atoms with Crippen LogP contribution in [0, 0.1) is 0 Å². The minimum Gasteiger partial charge on any atom is -0.489 e. The van der Waals surface area contributed by atoms with E-state index < -0.39 is 29.8 Å². The first-order chi connectivity index (χ1) is 17.9. The molecule has 0 unspecified atom stereocenters. The van der Waals surface area contributed by atoms with E-state index in [1.807, 2.05) is 0 Å². The van der Waals surface area contributed by atoms with Crippen molar-refractivity contribution in [3.05, 3.63) is 83.9 Å². The summed E-state index contributed by atoms with van der Waals surface area (Å²) in [5.74, 6) is -0.359. The van der Waals surface area contributed by atoms with E-state index in [1.165, 1.54) is 24.3 Å². The first kappa shape index (κ1) is 26.4. The van der Waals surface area contributed by atoms with Gasteiger partial charge in [0.2, 0.25) is 11.7 Å². The van der Waals surface area contributed by atoms with Crippen LogP contribution in [0.1, 0.15) is 11.1 Å². The molecule has 4 rings (SSSR count). The number of hydrogen-bond donors (Lipinski definition) is 1. The Morgan fingerprint density at radius 2 is 1.58 bits per heavy atom. The van der Waals surface area contributed by atoms with E-state index in [2.05, 4.69) is 25.5 Å². The molecule has 0 fully saturated rings. The van der Waals surface area contributed by atoms with E-state index in [9.17, 15) is 31.1 Å². The van der Waals surface area contributed by atoms with Crippen molar-refractivity contribution in [2.24, 2.45) is 0 Å². The Kier molecular flexibility index (Phi) is 7.50. The predicted octanol–water partition coefficient (Wildman–Crippen LogP) is 5.48. The standard InChI is InChI=1S/C24H17F6N5O3/c25-23(26,27)17-3-1-2-15(12-17)14-37-19-8-4-16(5-9-19)22-32-34-35(33-22)13-21(36)31-18-6-10-20(11-7-18)38-24(28,29)30/h1-12H,13-14H2,(H,31,36). The second kappa shape index (κ2) is 10.8. The molecule has 1 heterocycles. The van der Waals surface area contributed by atoms with E-state index in [0.29, 0.717) is 16.9 Å². The zero-order chi connectivity index (χ0) is 27.3. The molecule has 0 aliphatic heterocycles. The molecule has 0 atom stereocenters. The first-order valence-corrected chi connectivity index (χ1v) is 10.8. The molecule has 0 spiro atoms. The lowest BCUT2D eigenvalue weighted by molar-refractivity contribution is -0.274. The maximum Gasteiger partial charge on any atom is 0.573 e. The molecule has 1 N–H and O–H groups in total. The number of aromatic nitrogens is 4. The maximum atomic E-state index is 12.8. The molecule has 0 aliphatic rings. The summed E-state index contributed by atoms with van der Waals surface area (Å²) in [5.41, 5.74) is 0.386. The van der Waals surface area contributed by atoms with Gasteiger partial charge < -0.3 is 14.8 Å². The monoisotopic (exact) mass is 537 g/mol. The lowest BCUT2D eigenvalue weighted by atomic mass is 10.1. The topological polar surface area (TPSA) is 91.2 Å². The van der Waals surface area contributed by atoms with Crippen LogP contribution >= 0.6 is 0 Å². The summed E-state index contributed by atoms with van der Waals surface area (Å²) in [4.78, 5) is 13.3. The Balaban J connectivity index is 1.30. The highest BCUT2D eigenvalue weighted by Gasteiger charge is 2.31. The van der Waals surface area contributed by atoms with Crippen molar-refractivity contribution in [3.8, 4) is 22.9 Å². The van der Waals surface area contributed by atoms with E-state index in [-0.39, 0.29) is 24.7 Å². The number of alkyl halides is 6. The van der Waals surface area contributed by atoms with Crippen molar-refractivity contribution in [1.82, 2.24) is 20.2 Å². The third-order valence-electron chi connectivity index (χ3n) is 4.88. The van der Waals surface area contributed by atoms with Gasteiger partial charge >= 0.3 is 12.5 Å². The number of benzene rings is 3. The average molecular weight is 537 g/mol. The van der Waals surface area contributed by atoms with Crippen LogP contribution in [0.2, 0.25) is 0 Å². The van der Waals surface area contributed by atoms with Crippen LogP contribution in [-0.4, -0.2) is 32.5 Å². The molecule has 0 saturated heterocycles. The molecule has 8 nitrogen and oxygen atoms in total. The highest BCUT2D eigenvalue weighted by molar-refractivity contribution is 5.90. The summed E-state index contributed by atoms with van der Waals surface area (Å²) in [7, 11) is 0. The minimum atomic E-state index is -4.82. The Bertz CT molecular complexity index is 1390. The average Bonchev–Trinajstić information content (AvgIpc) is 3.31. The molecule has 4 aromatic rings. The normalized spacial score (nSPS) is 11.7. The van der Waals surface area contributed by atoms with Crippen molar-refractivity contribution in [3.63, 3.8) is 0 Å². The largest absolute Gasteiger partial charge is 0.573 e.